The second-order valence-electron chi connectivity index (χ2n) is 7.48. The molecule has 8 heteroatoms. The van der Waals surface area contributed by atoms with Crippen molar-refractivity contribution in [1.82, 2.24) is 9.62 Å². The highest BCUT2D eigenvalue weighted by atomic mass is 35.5. The number of nitrogens with zero attached hydrogens (tertiary/aromatic N) is 1. The summed E-state index contributed by atoms with van der Waals surface area (Å²) in [5.74, 6) is 0.533. The molecule has 1 aromatic carbocycles. The Labute approximate surface area is 169 Å². The molecule has 0 aliphatic carbocycles. The van der Waals surface area contributed by atoms with Crippen LogP contribution in [0.1, 0.15) is 42.9 Å². The zero-order valence-corrected chi connectivity index (χ0v) is 18.3. The van der Waals surface area contributed by atoms with Gasteiger partial charge in [-0.15, -0.1) is 12.4 Å². The van der Waals surface area contributed by atoms with E-state index in [9.17, 15) is 13.2 Å². The fourth-order valence-corrected chi connectivity index (χ4v) is 5.38. The van der Waals surface area contributed by atoms with Gasteiger partial charge >= 0.3 is 0 Å². The number of sulfonamides is 1. The molecule has 6 nitrogen and oxygen atoms in total. The van der Waals surface area contributed by atoms with Crippen LogP contribution in [0.25, 0.3) is 0 Å². The third kappa shape index (κ3) is 5.91. The van der Waals surface area contributed by atoms with Crippen molar-refractivity contribution in [3.8, 4) is 0 Å². The summed E-state index contributed by atoms with van der Waals surface area (Å²) in [7, 11) is -3.64. The Kier molecular flexibility index (Phi) is 8.73. The second-order valence-corrected chi connectivity index (χ2v) is 9.19. The van der Waals surface area contributed by atoms with Crippen molar-refractivity contribution >= 4 is 28.3 Å². The van der Waals surface area contributed by atoms with E-state index in [4.69, 9.17) is 5.73 Å². The van der Waals surface area contributed by atoms with Crippen molar-refractivity contribution in [3.05, 3.63) is 28.8 Å². The lowest BCUT2D eigenvalue weighted by Gasteiger charge is -2.38. The Balaban J connectivity index is 0.00000364. The maximum atomic E-state index is 12.7. The number of hydrogen-bond donors (Lipinski definition) is 2. The molecule has 1 aliphatic heterocycles. The highest BCUT2D eigenvalue weighted by Gasteiger charge is 2.29. The summed E-state index contributed by atoms with van der Waals surface area (Å²) in [6.07, 6.45) is 2.03. The number of halogens is 1. The van der Waals surface area contributed by atoms with E-state index in [0.717, 1.165) is 29.5 Å². The van der Waals surface area contributed by atoms with Crippen LogP contribution in [0.4, 0.5) is 0 Å². The van der Waals surface area contributed by atoms with Gasteiger partial charge in [0.1, 0.15) is 0 Å². The van der Waals surface area contributed by atoms with Crippen LogP contribution in [0.15, 0.2) is 17.0 Å². The van der Waals surface area contributed by atoms with Crippen LogP contribution in [0.2, 0.25) is 0 Å². The van der Waals surface area contributed by atoms with Crippen molar-refractivity contribution in [2.24, 2.45) is 11.7 Å². The van der Waals surface area contributed by atoms with Gasteiger partial charge in [0, 0.05) is 32.1 Å². The summed E-state index contributed by atoms with van der Waals surface area (Å²) >= 11 is 0. The molecule has 0 bridgehead atoms. The first-order valence-electron chi connectivity index (χ1n) is 9.22. The minimum Gasteiger partial charge on any atom is -0.338 e. The van der Waals surface area contributed by atoms with Gasteiger partial charge in [0.25, 0.3) is 0 Å². The first-order valence-corrected chi connectivity index (χ1v) is 10.7. The third-order valence-electron chi connectivity index (χ3n) is 5.07. The number of amides is 1. The van der Waals surface area contributed by atoms with E-state index in [2.05, 4.69) is 11.6 Å². The summed E-state index contributed by atoms with van der Waals surface area (Å²) in [6, 6.07) is 3.77. The average molecular weight is 418 g/mol. The molecule has 2 atom stereocenters. The smallest absolute Gasteiger partial charge is 0.241 e. The number of benzene rings is 1. The molecule has 1 heterocycles. The number of aryl methyl sites for hydroxylation is 3. The molecule has 154 valence electrons. The van der Waals surface area contributed by atoms with Crippen LogP contribution >= 0.6 is 12.4 Å². The molecular formula is C19H32ClN3O3S. The Bertz CT molecular complexity index is 744. The standard InChI is InChI=1S/C19H31N3O3S.ClH/c1-13-6-8-22(17(11-13)12-20)18(23)5-7-21-26(24,25)19-15(3)9-14(2)10-16(19)4;/h9-10,13,17,21H,5-8,11-12,20H2,1-4H3;1H. The SMILES string of the molecule is Cc1cc(C)c(S(=O)(=O)NCCC(=O)N2CCC(C)CC2CN)c(C)c1.Cl. The molecule has 0 aromatic heterocycles. The Hall–Kier alpha value is -1.15. The van der Waals surface area contributed by atoms with Gasteiger partial charge < -0.3 is 10.6 Å². The number of likely N-dealkylation sites (tertiary alicyclic amines) is 1. The minimum absolute atomic E-state index is 0. The summed E-state index contributed by atoms with van der Waals surface area (Å²) < 4.78 is 27.9. The van der Waals surface area contributed by atoms with E-state index in [-0.39, 0.29) is 37.3 Å². The van der Waals surface area contributed by atoms with Gasteiger partial charge in [-0.3, -0.25) is 4.79 Å². The topological polar surface area (TPSA) is 92.5 Å². The molecule has 1 fully saturated rings. The molecular weight excluding hydrogens is 386 g/mol. The van der Waals surface area contributed by atoms with Gasteiger partial charge in [0.05, 0.1) is 4.90 Å². The summed E-state index contributed by atoms with van der Waals surface area (Å²) in [4.78, 5) is 14.6. The highest BCUT2D eigenvalue weighted by Crippen LogP contribution is 2.23. The van der Waals surface area contributed by atoms with Crippen LogP contribution in [-0.4, -0.2) is 44.9 Å². The zero-order valence-electron chi connectivity index (χ0n) is 16.6. The molecule has 3 N–H and O–H groups in total. The lowest BCUT2D eigenvalue weighted by Crippen LogP contribution is -2.49. The fraction of sp³-hybridized carbons (Fsp3) is 0.632. The lowest BCUT2D eigenvalue weighted by molar-refractivity contribution is -0.135. The predicted octanol–water partition coefficient (Wildman–Crippen LogP) is 2.29. The van der Waals surface area contributed by atoms with Crippen LogP contribution in [0, 0.1) is 26.7 Å². The van der Waals surface area contributed by atoms with Gasteiger partial charge in [-0.2, -0.15) is 0 Å². The number of nitrogens with two attached hydrogens (primary N) is 1. The highest BCUT2D eigenvalue weighted by molar-refractivity contribution is 7.89. The second kappa shape index (κ2) is 9.87. The van der Waals surface area contributed by atoms with Gasteiger partial charge in [0.2, 0.25) is 15.9 Å². The number of carbonyl (C=O) groups excluding carboxylic acids is 1. The quantitative estimate of drug-likeness (QED) is 0.742. The van der Waals surface area contributed by atoms with E-state index in [1.165, 1.54) is 0 Å². The van der Waals surface area contributed by atoms with E-state index in [1.807, 2.05) is 24.0 Å². The van der Waals surface area contributed by atoms with Crippen molar-refractivity contribution in [3.63, 3.8) is 0 Å². The molecule has 1 aromatic rings. The minimum atomic E-state index is -3.64. The van der Waals surface area contributed by atoms with E-state index >= 15 is 0 Å². The molecule has 27 heavy (non-hydrogen) atoms. The fourth-order valence-electron chi connectivity index (χ4n) is 3.90. The molecule has 1 aliphatic rings. The van der Waals surface area contributed by atoms with Crippen molar-refractivity contribution < 1.29 is 13.2 Å². The Morgan fingerprint density at radius 1 is 1.26 bits per heavy atom. The summed E-state index contributed by atoms with van der Waals surface area (Å²) in [5.41, 5.74) is 8.27. The number of rotatable bonds is 6. The normalized spacial score (nSPS) is 20.3. The van der Waals surface area contributed by atoms with Gasteiger partial charge in [-0.05, 0) is 50.7 Å². The molecule has 0 spiro atoms. The van der Waals surface area contributed by atoms with Crippen LogP contribution in [-0.2, 0) is 14.8 Å². The first-order chi connectivity index (χ1) is 12.2. The molecule has 1 amide bonds. The largest absolute Gasteiger partial charge is 0.338 e. The number of piperidine rings is 1. The van der Waals surface area contributed by atoms with Crippen LogP contribution in [0.5, 0.6) is 0 Å². The molecule has 0 saturated carbocycles. The molecule has 1 saturated heterocycles. The average Bonchev–Trinajstić information content (AvgIpc) is 2.52. The van der Waals surface area contributed by atoms with E-state index < -0.39 is 10.0 Å². The molecule has 0 radical (unpaired) electrons. The monoisotopic (exact) mass is 417 g/mol. The lowest BCUT2D eigenvalue weighted by atomic mass is 9.92. The Morgan fingerprint density at radius 3 is 2.41 bits per heavy atom. The predicted molar refractivity (Wildman–Crippen MR) is 111 cm³/mol. The van der Waals surface area contributed by atoms with Crippen LogP contribution in [0.3, 0.4) is 0 Å². The Morgan fingerprint density at radius 2 is 1.85 bits per heavy atom. The summed E-state index contributed by atoms with van der Waals surface area (Å²) in [6.45, 7) is 8.94. The number of hydrogen-bond acceptors (Lipinski definition) is 4. The maximum Gasteiger partial charge on any atom is 0.241 e. The van der Waals surface area contributed by atoms with Crippen LogP contribution < -0.4 is 10.5 Å². The number of nitrogens with one attached hydrogen (secondary N) is 1. The molecule has 2 unspecified atom stereocenters. The zero-order chi connectivity index (χ0) is 19.5. The first kappa shape index (κ1) is 23.9. The van der Waals surface area contributed by atoms with Gasteiger partial charge in [-0.25, -0.2) is 13.1 Å². The van der Waals surface area contributed by atoms with Crippen molar-refractivity contribution in [1.29, 1.82) is 0 Å². The van der Waals surface area contributed by atoms with Gasteiger partial charge in [0.15, 0.2) is 0 Å². The van der Waals surface area contributed by atoms with E-state index in [0.29, 0.717) is 23.9 Å². The maximum absolute atomic E-state index is 12.7. The number of carbonyl (C=O) groups is 1. The summed E-state index contributed by atoms with van der Waals surface area (Å²) in [5, 5.41) is 0. The van der Waals surface area contributed by atoms with Crippen molar-refractivity contribution in [2.75, 3.05) is 19.6 Å². The van der Waals surface area contributed by atoms with E-state index in [1.54, 1.807) is 13.8 Å². The van der Waals surface area contributed by atoms with Crippen molar-refractivity contribution in [2.45, 2.75) is 57.9 Å². The third-order valence-corrected chi connectivity index (χ3v) is 6.84. The van der Waals surface area contributed by atoms with Gasteiger partial charge in [-0.1, -0.05) is 24.6 Å². The molecule has 2 rings (SSSR count).